The van der Waals surface area contributed by atoms with Gasteiger partial charge in [-0.3, -0.25) is 0 Å². The molecule has 0 aromatic carbocycles. The van der Waals surface area contributed by atoms with E-state index in [9.17, 15) is 39.6 Å². The van der Waals surface area contributed by atoms with Crippen LogP contribution < -0.4 is 20.4 Å². The van der Waals surface area contributed by atoms with E-state index < -0.39 is 23.9 Å². The molecule has 0 spiro atoms. The quantitative estimate of drug-likeness (QED) is 0.108. The van der Waals surface area contributed by atoms with Gasteiger partial charge in [0.2, 0.25) is 0 Å². The van der Waals surface area contributed by atoms with E-state index in [-0.39, 0.29) is 49.6 Å². The second-order valence-corrected chi connectivity index (χ2v) is 10.1. The Balaban J connectivity index is -0.000000139. The third kappa shape index (κ3) is 73.1. The summed E-state index contributed by atoms with van der Waals surface area (Å²) in [6, 6.07) is 0. The van der Waals surface area contributed by atoms with Gasteiger partial charge in [0.1, 0.15) is 0 Å². The molecule has 0 aliphatic rings. The molecule has 8 nitrogen and oxygen atoms in total. The van der Waals surface area contributed by atoms with Crippen LogP contribution in [-0.4, -0.2) is 47.8 Å². The van der Waals surface area contributed by atoms with Crippen molar-refractivity contribution < 1.29 is 39.6 Å². The molecule has 240 valence electrons. The normalized spacial score (nSPS) is 9.46. The fourth-order valence-electron chi connectivity index (χ4n) is 3.49. The SMILES string of the molecule is CCCCCCCC(=O)[O-].CCCCCCCC(=O)[O-].CCCCCCCC(=O)[O-].CCCCCCCC(=O)[O-].[Sn+4]. The van der Waals surface area contributed by atoms with Gasteiger partial charge in [-0.25, -0.2) is 0 Å². The monoisotopic (exact) mass is 692 g/mol. The summed E-state index contributed by atoms with van der Waals surface area (Å²) in [7, 11) is 0. The predicted molar refractivity (Wildman–Crippen MR) is 159 cm³/mol. The van der Waals surface area contributed by atoms with Crippen molar-refractivity contribution in [3.05, 3.63) is 0 Å². The number of hydrogen-bond donors (Lipinski definition) is 0. The predicted octanol–water partition coefficient (Wildman–Crippen LogP) is 4.01. The van der Waals surface area contributed by atoms with Gasteiger partial charge in [-0.05, 0) is 51.4 Å². The summed E-state index contributed by atoms with van der Waals surface area (Å²) in [6.07, 6.45) is 22.4. The maximum absolute atomic E-state index is 9.92. The zero-order valence-electron chi connectivity index (χ0n) is 26.7. The van der Waals surface area contributed by atoms with Gasteiger partial charge in [-0.15, -0.1) is 0 Å². The van der Waals surface area contributed by atoms with Crippen molar-refractivity contribution in [2.75, 3.05) is 0 Å². The minimum absolute atomic E-state index is 0. The third-order valence-corrected chi connectivity index (χ3v) is 5.94. The number of carboxylic acids is 4. The van der Waals surface area contributed by atoms with Crippen LogP contribution in [0.2, 0.25) is 0 Å². The van der Waals surface area contributed by atoms with Crippen LogP contribution in [0.15, 0.2) is 0 Å². The summed E-state index contributed by atoms with van der Waals surface area (Å²) in [5, 5.41) is 39.7. The van der Waals surface area contributed by atoms with Crippen molar-refractivity contribution in [1.29, 1.82) is 0 Å². The second kappa shape index (κ2) is 45.7. The van der Waals surface area contributed by atoms with Crippen LogP contribution in [0.1, 0.15) is 182 Å². The molecule has 0 saturated heterocycles. The molecular formula is C32H60O8Sn. The van der Waals surface area contributed by atoms with Crippen molar-refractivity contribution in [3.8, 4) is 0 Å². The first kappa shape index (κ1) is 49.4. The van der Waals surface area contributed by atoms with Crippen LogP contribution >= 0.6 is 0 Å². The zero-order valence-corrected chi connectivity index (χ0v) is 29.6. The van der Waals surface area contributed by atoms with E-state index in [0.29, 0.717) is 0 Å². The zero-order chi connectivity index (χ0) is 31.3. The Morgan fingerprint density at radius 3 is 0.585 bits per heavy atom. The molecular weight excluding hydrogens is 631 g/mol. The third-order valence-electron chi connectivity index (χ3n) is 5.94. The number of carbonyl (C=O) groups is 4. The topological polar surface area (TPSA) is 161 Å². The van der Waals surface area contributed by atoms with E-state index in [2.05, 4.69) is 27.7 Å². The molecule has 0 radical (unpaired) electrons. The van der Waals surface area contributed by atoms with Crippen molar-refractivity contribution in [3.63, 3.8) is 0 Å². The molecule has 0 heterocycles. The number of unbranched alkanes of at least 4 members (excludes halogenated alkanes) is 16. The van der Waals surface area contributed by atoms with E-state index >= 15 is 0 Å². The summed E-state index contributed by atoms with van der Waals surface area (Å²) < 4.78 is 0. The van der Waals surface area contributed by atoms with Gasteiger partial charge >= 0.3 is 23.9 Å². The van der Waals surface area contributed by atoms with E-state index in [4.69, 9.17) is 0 Å². The summed E-state index contributed by atoms with van der Waals surface area (Å²) in [5.41, 5.74) is 0. The molecule has 0 amide bonds. The molecule has 0 unspecified atom stereocenters. The van der Waals surface area contributed by atoms with Crippen molar-refractivity contribution in [1.82, 2.24) is 0 Å². The van der Waals surface area contributed by atoms with Gasteiger partial charge < -0.3 is 39.6 Å². The van der Waals surface area contributed by atoms with Crippen molar-refractivity contribution in [2.45, 2.75) is 182 Å². The first-order valence-electron chi connectivity index (χ1n) is 15.9. The first-order chi connectivity index (χ1) is 19.1. The van der Waals surface area contributed by atoms with E-state index in [1.54, 1.807) is 0 Å². The molecule has 41 heavy (non-hydrogen) atoms. The van der Waals surface area contributed by atoms with Gasteiger partial charge in [0, 0.05) is 23.9 Å². The smallest absolute Gasteiger partial charge is 0.550 e. The molecule has 9 heteroatoms. The Bertz CT molecular complexity index is 460. The van der Waals surface area contributed by atoms with Gasteiger partial charge in [0.15, 0.2) is 0 Å². The standard InChI is InChI=1S/4C8H16O2.Sn/c4*1-2-3-4-5-6-7-8(9)10;/h4*2-7H2,1H3,(H,9,10);/q;;;;+4/p-4. The Labute approximate surface area is 268 Å². The van der Waals surface area contributed by atoms with E-state index in [1.807, 2.05) is 0 Å². The van der Waals surface area contributed by atoms with Crippen molar-refractivity contribution in [2.24, 2.45) is 0 Å². The molecule has 0 fully saturated rings. The molecule has 0 aliphatic heterocycles. The molecule has 0 atom stereocenters. The van der Waals surface area contributed by atoms with E-state index in [1.165, 1.54) is 51.4 Å². The number of carbonyl (C=O) groups excluding carboxylic acids is 4. The van der Waals surface area contributed by atoms with Crippen LogP contribution in [0.25, 0.3) is 0 Å². The maximum atomic E-state index is 9.92. The minimum Gasteiger partial charge on any atom is -0.550 e. The van der Waals surface area contributed by atoms with Crippen LogP contribution in [0.4, 0.5) is 0 Å². The molecule has 0 rings (SSSR count). The molecule has 0 aromatic rings. The number of hydrogen-bond acceptors (Lipinski definition) is 8. The maximum Gasteiger partial charge on any atom is 4.00 e. The largest absolute Gasteiger partial charge is 4.00 e. The first-order valence-corrected chi connectivity index (χ1v) is 15.9. The minimum atomic E-state index is -0.920. The average Bonchev–Trinajstić information content (AvgIpc) is 2.89. The molecule has 0 aliphatic carbocycles. The number of aliphatic carboxylic acids is 4. The summed E-state index contributed by atoms with van der Waals surface area (Å²) in [6.45, 7) is 8.55. The van der Waals surface area contributed by atoms with Gasteiger partial charge in [0.25, 0.3) is 0 Å². The fraction of sp³-hybridized carbons (Fsp3) is 0.875. The summed E-state index contributed by atoms with van der Waals surface area (Å²) in [5.74, 6) is -3.68. The fourth-order valence-corrected chi connectivity index (χ4v) is 3.49. The summed E-state index contributed by atoms with van der Waals surface area (Å²) >= 11 is 0. The summed E-state index contributed by atoms with van der Waals surface area (Å²) in [4.78, 5) is 39.7. The van der Waals surface area contributed by atoms with Crippen LogP contribution in [0.5, 0.6) is 0 Å². The van der Waals surface area contributed by atoms with E-state index in [0.717, 1.165) is 77.0 Å². The Hall–Kier alpha value is -1.32. The molecule has 0 bridgehead atoms. The number of rotatable bonds is 24. The Morgan fingerprint density at radius 1 is 0.317 bits per heavy atom. The van der Waals surface area contributed by atoms with Gasteiger partial charge in [-0.1, -0.05) is 130 Å². The van der Waals surface area contributed by atoms with Crippen LogP contribution in [0, 0.1) is 0 Å². The second-order valence-electron chi connectivity index (χ2n) is 10.1. The molecule has 0 saturated carbocycles. The van der Waals surface area contributed by atoms with Crippen LogP contribution in [0.3, 0.4) is 0 Å². The molecule has 0 N–H and O–H groups in total. The Kier molecular flexibility index (Phi) is 55.0. The van der Waals surface area contributed by atoms with Crippen LogP contribution in [-0.2, 0) is 19.2 Å². The number of carboxylic acid groups (broad SMARTS) is 4. The Morgan fingerprint density at radius 2 is 0.463 bits per heavy atom. The average molecular weight is 692 g/mol. The van der Waals surface area contributed by atoms with Gasteiger partial charge in [0.05, 0.1) is 0 Å². The van der Waals surface area contributed by atoms with Crippen molar-refractivity contribution >= 4 is 47.8 Å². The van der Waals surface area contributed by atoms with Gasteiger partial charge in [-0.2, -0.15) is 0 Å². The molecule has 0 aromatic heterocycles.